The molecule has 0 spiro atoms. The van der Waals surface area contributed by atoms with Gasteiger partial charge in [-0.25, -0.2) is 4.79 Å². The largest absolute Gasteiger partial charge is 0.444 e. The first-order valence-electron chi connectivity index (χ1n) is 10.8. The number of ether oxygens (including phenoxy) is 1. The molecule has 164 valence electrons. The van der Waals surface area contributed by atoms with Crippen LogP contribution < -0.4 is 10.6 Å². The van der Waals surface area contributed by atoms with E-state index >= 15 is 0 Å². The van der Waals surface area contributed by atoms with Gasteiger partial charge < -0.3 is 25.2 Å². The maximum atomic E-state index is 12.1. The van der Waals surface area contributed by atoms with E-state index in [9.17, 15) is 4.79 Å². The highest BCUT2D eigenvalue weighted by molar-refractivity contribution is 5.80. The van der Waals surface area contributed by atoms with Crippen LogP contribution in [0.15, 0.2) is 4.99 Å². The summed E-state index contributed by atoms with van der Waals surface area (Å²) in [4.78, 5) is 20.6. The zero-order valence-electron chi connectivity index (χ0n) is 19.2. The minimum Gasteiger partial charge on any atom is -0.444 e. The van der Waals surface area contributed by atoms with Gasteiger partial charge in [-0.2, -0.15) is 0 Å². The van der Waals surface area contributed by atoms with Crippen LogP contribution in [-0.2, 0) is 4.74 Å². The van der Waals surface area contributed by atoms with E-state index in [0.29, 0.717) is 12.6 Å². The summed E-state index contributed by atoms with van der Waals surface area (Å²) < 4.78 is 5.41. The lowest BCUT2D eigenvalue weighted by molar-refractivity contribution is 0.0278. The SMILES string of the molecule is CCCCN1CCC(NC(=NC)NCC(C)CN(C)C(=O)OC(C)(C)C)CC1. The van der Waals surface area contributed by atoms with Crippen LogP contribution in [0.5, 0.6) is 0 Å². The fraction of sp³-hybridized carbons (Fsp3) is 0.905. The number of likely N-dealkylation sites (tertiary alicyclic amines) is 1. The number of guanidine groups is 1. The monoisotopic (exact) mass is 397 g/mol. The van der Waals surface area contributed by atoms with Crippen molar-refractivity contribution in [3.8, 4) is 0 Å². The molecule has 0 aromatic carbocycles. The molecule has 0 saturated carbocycles. The Kier molecular flexibility index (Phi) is 10.6. The van der Waals surface area contributed by atoms with Gasteiger partial charge in [0.15, 0.2) is 5.96 Å². The molecular weight excluding hydrogens is 354 g/mol. The number of carbonyl (C=O) groups excluding carboxylic acids is 1. The lowest BCUT2D eigenvalue weighted by Crippen LogP contribution is -2.49. The van der Waals surface area contributed by atoms with Crippen LogP contribution in [-0.4, -0.2) is 80.3 Å². The molecule has 28 heavy (non-hydrogen) atoms. The zero-order valence-corrected chi connectivity index (χ0v) is 19.2. The number of carbonyl (C=O) groups is 1. The Morgan fingerprint density at radius 1 is 1.32 bits per heavy atom. The van der Waals surface area contributed by atoms with Gasteiger partial charge in [0, 0.05) is 46.3 Å². The number of nitrogens with one attached hydrogen (secondary N) is 2. The first-order chi connectivity index (χ1) is 13.1. The summed E-state index contributed by atoms with van der Waals surface area (Å²) in [7, 11) is 3.59. The molecule has 1 atom stereocenters. The van der Waals surface area contributed by atoms with Gasteiger partial charge in [-0.15, -0.1) is 0 Å². The Balaban J connectivity index is 2.31. The van der Waals surface area contributed by atoms with Gasteiger partial charge in [0.05, 0.1) is 0 Å². The van der Waals surface area contributed by atoms with Gasteiger partial charge in [0.1, 0.15) is 5.60 Å². The van der Waals surface area contributed by atoms with Crippen molar-refractivity contribution in [3.05, 3.63) is 0 Å². The number of hydrogen-bond donors (Lipinski definition) is 2. The van der Waals surface area contributed by atoms with Gasteiger partial charge in [-0.3, -0.25) is 4.99 Å². The molecule has 7 heteroatoms. The van der Waals surface area contributed by atoms with Gasteiger partial charge >= 0.3 is 6.09 Å². The van der Waals surface area contributed by atoms with Crippen LogP contribution in [0.3, 0.4) is 0 Å². The Bertz CT molecular complexity index is 482. The number of nitrogens with zero attached hydrogens (tertiary/aromatic N) is 3. The molecule has 1 unspecified atom stereocenters. The molecule has 1 saturated heterocycles. The van der Waals surface area contributed by atoms with Crippen LogP contribution in [0.2, 0.25) is 0 Å². The summed E-state index contributed by atoms with van der Waals surface area (Å²) in [5, 5.41) is 6.95. The van der Waals surface area contributed by atoms with Crippen molar-refractivity contribution in [1.29, 1.82) is 0 Å². The Morgan fingerprint density at radius 2 is 1.96 bits per heavy atom. The minimum atomic E-state index is -0.467. The van der Waals surface area contributed by atoms with E-state index < -0.39 is 5.60 Å². The number of aliphatic imine (C=N–C) groups is 1. The van der Waals surface area contributed by atoms with Gasteiger partial charge in [0.2, 0.25) is 0 Å². The highest BCUT2D eigenvalue weighted by atomic mass is 16.6. The Labute approximate surface area is 172 Å². The number of rotatable bonds is 8. The predicted molar refractivity (Wildman–Crippen MR) is 117 cm³/mol. The highest BCUT2D eigenvalue weighted by Crippen LogP contribution is 2.12. The van der Waals surface area contributed by atoms with E-state index in [1.165, 1.54) is 19.4 Å². The van der Waals surface area contributed by atoms with Crippen molar-refractivity contribution in [2.45, 2.75) is 71.9 Å². The maximum absolute atomic E-state index is 12.1. The first kappa shape index (κ1) is 24.5. The first-order valence-corrected chi connectivity index (χ1v) is 10.8. The molecule has 1 fully saturated rings. The number of amides is 1. The maximum Gasteiger partial charge on any atom is 0.410 e. The van der Waals surface area contributed by atoms with Crippen molar-refractivity contribution in [3.63, 3.8) is 0 Å². The highest BCUT2D eigenvalue weighted by Gasteiger charge is 2.22. The summed E-state index contributed by atoms with van der Waals surface area (Å²) in [6.45, 7) is 14.9. The van der Waals surface area contributed by atoms with Crippen LogP contribution in [0.1, 0.15) is 60.3 Å². The predicted octanol–water partition coefficient (Wildman–Crippen LogP) is 2.92. The third kappa shape index (κ3) is 10.2. The Morgan fingerprint density at radius 3 is 2.50 bits per heavy atom. The smallest absolute Gasteiger partial charge is 0.410 e. The summed E-state index contributed by atoms with van der Waals surface area (Å²) in [5.74, 6) is 1.13. The number of piperidine rings is 1. The summed E-state index contributed by atoms with van der Waals surface area (Å²) >= 11 is 0. The molecule has 2 N–H and O–H groups in total. The van der Waals surface area contributed by atoms with E-state index in [0.717, 1.165) is 38.4 Å². The van der Waals surface area contributed by atoms with E-state index in [2.05, 4.69) is 34.4 Å². The van der Waals surface area contributed by atoms with Crippen LogP contribution >= 0.6 is 0 Å². The molecule has 1 aliphatic heterocycles. The summed E-state index contributed by atoms with van der Waals surface area (Å²) in [6, 6.07) is 0.476. The fourth-order valence-electron chi connectivity index (χ4n) is 3.29. The van der Waals surface area contributed by atoms with Crippen LogP contribution in [0, 0.1) is 5.92 Å². The lowest BCUT2D eigenvalue weighted by atomic mass is 10.0. The molecule has 1 rings (SSSR count). The van der Waals surface area contributed by atoms with E-state index in [1.807, 2.05) is 27.8 Å². The van der Waals surface area contributed by atoms with Gasteiger partial charge in [0.25, 0.3) is 0 Å². The van der Waals surface area contributed by atoms with Crippen molar-refractivity contribution in [2.75, 3.05) is 46.8 Å². The topological polar surface area (TPSA) is 69.2 Å². The molecule has 0 aromatic rings. The fourth-order valence-corrected chi connectivity index (χ4v) is 3.29. The lowest BCUT2D eigenvalue weighted by Gasteiger charge is -2.33. The number of unbranched alkanes of at least 4 members (excludes halogenated alkanes) is 1. The average molecular weight is 398 g/mol. The Hall–Kier alpha value is -1.50. The second kappa shape index (κ2) is 12.1. The average Bonchev–Trinajstić information content (AvgIpc) is 2.62. The quantitative estimate of drug-likeness (QED) is 0.487. The minimum absolute atomic E-state index is 0.281. The third-order valence-corrected chi connectivity index (χ3v) is 4.89. The van der Waals surface area contributed by atoms with Gasteiger partial charge in [-0.1, -0.05) is 20.3 Å². The molecule has 1 heterocycles. The van der Waals surface area contributed by atoms with Crippen molar-refractivity contribution >= 4 is 12.1 Å². The van der Waals surface area contributed by atoms with Crippen molar-refractivity contribution in [1.82, 2.24) is 20.4 Å². The molecule has 0 bridgehead atoms. The van der Waals surface area contributed by atoms with E-state index in [4.69, 9.17) is 4.74 Å². The summed E-state index contributed by atoms with van der Waals surface area (Å²) in [6.07, 6.45) is 4.58. The van der Waals surface area contributed by atoms with Crippen LogP contribution in [0.4, 0.5) is 4.79 Å². The second-order valence-electron chi connectivity index (χ2n) is 9.03. The summed E-state index contributed by atoms with van der Waals surface area (Å²) in [5.41, 5.74) is -0.467. The molecule has 1 amide bonds. The van der Waals surface area contributed by atoms with E-state index in [-0.39, 0.29) is 12.0 Å². The molecular formula is C21H43N5O2. The van der Waals surface area contributed by atoms with Crippen molar-refractivity contribution < 1.29 is 9.53 Å². The third-order valence-electron chi connectivity index (χ3n) is 4.89. The standard InChI is InChI=1S/C21H43N5O2/c1-8-9-12-26-13-10-18(11-14-26)24-19(22-6)23-15-17(2)16-25(7)20(27)28-21(3,4)5/h17-18H,8-16H2,1-7H3,(H2,22,23,24). The number of hydrogen-bond acceptors (Lipinski definition) is 4. The molecule has 0 aromatic heterocycles. The van der Waals surface area contributed by atoms with Gasteiger partial charge in [-0.05, 0) is 52.5 Å². The molecule has 1 aliphatic rings. The normalized spacial score (nSPS) is 17.9. The molecule has 0 radical (unpaired) electrons. The molecule has 7 nitrogen and oxygen atoms in total. The van der Waals surface area contributed by atoms with Crippen molar-refractivity contribution in [2.24, 2.45) is 10.9 Å². The molecule has 0 aliphatic carbocycles. The van der Waals surface area contributed by atoms with E-state index in [1.54, 1.807) is 11.9 Å². The zero-order chi connectivity index (χ0) is 21.2. The van der Waals surface area contributed by atoms with Crippen LogP contribution in [0.25, 0.3) is 0 Å². The second-order valence-corrected chi connectivity index (χ2v) is 9.03.